The number of nitrogens with zero attached hydrogens (tertiary/aromatic N) is 3. The fraction of sp³-hybridized carbons (Fsp3) is 0. The van der Waals surface area contributed by atoms with Gasteiger partial charge in [-0.05, 0) is 36.5 Å². The number of fused-ring (bicyclic) bond motifs is 1. The Morgan fingerprint density at radius 2 is 2.03 bits per heavy atom. The van der Waals surface area contributed by atoms with E-state index in [-0.39, 0.29) is 20.0 Å². The first-order chi connectivity index (χ1) is 14.3. The first kappa shape index (κ1) is 20.1. The largest absolute Gasteiger partial charge is 0.492 e. The van der Waals surface area contributed by atoms with E-state index in [1.165, 1.54) is 24.3 Å². The molecule has 0 atom stereocenters. The van der Waals surface area contributed by atoms with Crippen molar-refractivity contribution in [1.29, 1.82) is 0 Å². The smallest absolute Gasteiger partial charge is 0.282 e. The number of rotatable bonds is 4. The van der Waals surface area contributed by atoms with E-state index in [1.807, 2.05) is 0 Å². The highest BCUT2D eigenvalue weighted by molar-refractivity contribution is 9.10. The number of hydrogen-bond acceptors (Lipinski definition) is 7. The van der Waals surface area contributed by atoms with Crippen LogP contribution in [-0.2, 0) is 4.79 Å². The third kappa shape index (κ3) is 3.34. The summed E-state index contributed by atoms with van der Waals surface area (Å²) in [6.45, 7) is 0. The molecule has 0 spiro atoms. The van der Waals surface area contributed by atoms with E-state index < -0.39 is 28.3 Å². The van der Waals surface area contributed by atoms with Crippen LogP contribution in [-0.4, -0.2) is 26.5 Å². The minimum absolute atomic E-state index is 0.0400. The molecule has 0 bridgehead atoms. The quantitative estimate of drug-likeness (QED) is 0.319. The molecule has 0 radical (unpaired) electrons. The second-order valence-corrected chi connectivity index (χ2v) is 8.58. The highest BCUT2D eigenvalue weighted by Gasteiger charge is 2.27. The lowest BCUT2D eigenvalue weighted by Gasteiger charge is -2.08. The van der Waals surface area contributed by atoms with Crippen molar-refractivity contribution in [3.8, 4) is 5.88 Å². The predicted octanol–water partition coefficient (Wildman–Crippen LogP) is 2.40. The van der Waals surface area contributed by atoms with Gasteiger partial charge >= 0.3 is 0 Å². The summed E-state index contributed by atoms with van der Waals surface area (Å²) in [6, 6.07) is 10.5. The molecule has 0 saturated carbocycles. The van der Waals surface area contributed by atoms with Gasteiger partial charge in [-0.25, -0.2) is 4.99 Å². The molecule has 12 heteroatoms. The number of aromatic hydroxyl groups is 1. The van der Waals surface area contributed by atoms with Crippen molar-refractivity contribution in [2.75, 3.05) is 5.43 Å². The van der Waals surface area contributed by atoms with Crippen LogP contribution >= 0.6 is 39.5 Å². The van der Waals surface area contributed by atoms with Crippen LogP contribution < -0.4 is 16.0 Å². The molecule has 2 amide bonds. The average molecular weight is 505 g/mol. The van der Waals surface area contributed by atoms with Crippen LogP contribution in [0, 0.1) is 14.1 Å². The third-order valence-electron chi connectivity index (χ3n) is 4.24. The minimum atomic E-state index is -0.839. The molecule has 2 N–H and O–H groups in total. The summed E-state index contributed by atoms with van der Waals surface area (Å²) in [7, 11) is 0. The van der Waals surface area contributed by atoms with Crippen molar-refractivity contribution in [3.63, 3.8) is 0 Å². The van der Waals surface area contributed by atoms with Gasteiger partial charge in [0.2, 0.25) is 5.88 Å². The summed E-state index contributed by atoms with van der Waals surface area (Å²) in [5, 5.41) is 22.8. The summed E-state index contributed by atoms with van der Waals surface area (Å²) < 4.78 is 1.67. The van der Waals surface area contributed by atoms with Crippen LogP contribution in [0.1, 0.15) is 15.2 Å². The predicted molar refractivity (Wildman–Crippen MR) is 114 cm³/mol. The Morgan fingerprint density at radius 1 is 1.30 bits per heavy atom. The normalized spacial score (nSPS) is 12.4. The van der Waals surface area contributed by atoms with Gasteiger partial charge in [0, 0.05) is 15.8 Å². The monoisotopic (exact) mass is 504 g/mol. The number of nitro groups is 1. The minimum Gasteiger partial charge on any atom is -0.492 e. The van der Waals surface area contributed by atoms with E-state index in [0.717, 1.165) is 20.5 Å². The lowest BCUT2D eigenvalue weighted by Crippen LogP contribution is -2.24. The number of carbonyl (C=O) groups excluding carboxylic acids is 2. The molecular formula is C18H9BrN4O5S2. The average Bonchev–Trinajstić information content (AvgIpc) is 3.17. The van der Waals surface area contributed by atoms with Crippen LogP contribution in [0.5, 0.6) is 5.88 Å². The van der Waals surface area contributed by atoms with E-state index in [9.17, 15) is 24.8 Å². The molecule has 4 rings (SSSR count). The van der Waals surface area contributed by atoms with Gasteiger partial charge in [0.1, 0.15) is 10.4 Å². The van der Waals surface area contributed by atoms with E-state index in [4.69, 9.17) is 12.2 Å². The second-order valence-electron chi connectivity index (χ2n) is 6.02. The molecule has 2 aromatic carbocycles. The molecule has 150 valence electrons. The van der Waals surface area contributed by atoms with Crippen LogP contribution in [0.2, 0.25) is 0 Å². The van der Waals surface area contributed by atoms with Gasteiger partial charge in [-0.1, -0.05) is 39.4 Å². The highest BCUT2D eigenvalue weighted by Crippen LogP contribution is 2.32. The molecular weight excluding hydrogens is 496 g/mol. The van der Waals surface area contributed by atoms with Crippen molar-refractivity contribution in [1.82, 2.24) is 4.68 Å². The van der Waals surface area contributed by atoms with Gasteiger partial charge in [0.25, 0.3) is 17.5 Å². The zero-order valence-corrected chi connectivity index (χ0v) is 17.9. The first-order valence-electron chi connectivity index (χ1n) is 8.21. The standard InChI is InChI=1S/C18H9BrN4O5S2/c19-8-5-6-11-10(7-8)13(16(25)20-11)14-17(26)22(18(29)30-14)21-15(24)9-3-1-2-4-12(9)23(27)28/h1-7,26H,(H,21,24). The van der Waals surface area contributed by atoms with Crippen molar-refractivity contribution >= 4 is 62.6 Å². The molecule has 2 heterocycles. The highest BCUT2D eigenvalue weighted by atomic mass is 79.9. The molecule has 9 nitrogen and oxygen atoms in total. The Balaban J connectivity index is 1.80. The Bertz CT molecular complexity index is 1440. The van der Waals surface area contributed by atoms with Gasteiger partial charge in [0.05, 0.1) is 15.9 Å². The van der Waals surface area contributed by atoms with E-state index >= 15 is 0 Å². The fourth-order valence-corrected chi connectivity index (χ4v) is 4.54. The van der Waals surface area contributed by atoms with Gasteiger partial charge in [-0.3, -0.25) is 25.1 Å². The zero-order valence-electron chi connectivity index (χ0n) is 14.7. The number of amides is 2. The Morgan fingerprint density at radius 3 is 2.77 bits per heavy atom. The van der Waals surface area contributed by atoms with Crippen molar-refractivity contribution in [2.24, 2.45) is 4.99 Å². The number of nitro benzene ring substituents is 1. The van der Waals surface area contributed by atoms with Crippen LogP contribution in [0.3, 0.4) is 0 Å². The summed E-state index contributed by atoms with van der Waals surface area (Å²) in [6.07, 6.45) is 0. The lowest BCUT2D eigenvalue weighted by atomic mass is 10.1. The number of benzene rings is 2. The SMILES string of the molecule is O=C1N=c2ccc(Br)cc2=C1c1sc(=S)n(NC(=O)c2ccccc2[N+](=O)[O-])c1O. The topological polar surface area (TPSA) is 127 Å². The third-order valence-corrected chi connectivity index (χ3v) is 6.11. The lowest BCUT2D eigenvalue weighted by molar-refractivity contribution is -0.385. The molecule has 1 aromatic heterocycles. The molecule has 0 unspecified atom stereocenters. The summed E-state index contributed by atoms with van der Waals surface area (Å²) in [5.41, 5.74) is 1.90. The van der Waals surface area contributed by atoms with E-state index in [2.05, 4.69) is 26.3 Å². The van der Waals surface area contributed by atoms with E-state index in [0.29, 0.717) is 10.6 Å². The molecule has 1 aliphatic heterocycles. The zero-order chi connectivity index (χ0) is 21.6. The van der Waals surface area contributed by atoms with Gasteiger partial charge < -0.3 is 5.11 Å². The van der Waals surface area contributed by atoms with Crippen molar-refractivity contribution in [2.45, 2.75) is 0 Å². The number of hydrogen-bond donors (Lipinski definition) is 2. The Kier molecular flexibility index (Phi) is 5.05. The van der Waals surface area contributed by atoms with Crippen LogP contribution in [0.15, 0.2) is 51.9 Å². The maximum atomic E-state index is 12.6. The van der Waals surface area contributed by atoms with E-state index in [1.54, 1.807) is 18.2 Å². The van der Waals surface area contributed by atoms with Crippen molar-refractivity contribution in [3.05, 3.63) is 82.0 Å². The maximum Gasteiger partial charge on any atom is 0.282 e. The van der Waals surface area contributed by atoms with Gasteiger partial charge in [-0.15, -0.1) is 0 Å². The van der Waals surface area contributed by atoms with Crippen molar-refractivity contribution < 1.29 is 19.6 Å². The van der Waals surface area contributed by atoms with Gasteiger partial charge in [0.15, 0.2) is 3.95 Å². The van der Waals surface area contributed by atoms with Gasteiger partial charge in [-0.2, -0.15) is 4.68 Å². The first-order valence-corrected chi connectivity index (χ1v) is 10.2. The Hall–Kier alpha value is -3.22. The molecule has 0 saturated heterocycles. The van der Waals surface area contributed by atoms with Crippen LogP contribution in [0.25, 0.3) is 5.57 Å². The molecule has 30 heavy (non-hydrogen) atoms. The maximum absolute atomic E-state index is 12.6. The number of para-hydroxylation sites is 1. The van der Waals surface area contributed by atoms with Crippen LogP contribution in [0.4, 0.5) is 5.69 Å². The number of carbonyl (C=O) groups is 2. The fourth-order valence-electron chi connectivity index (χ4n) is 2.92. The number of aromatic nitrogens is 1. The summed E-state index contributed by atoms with van der Waals surface area (Å²) in [5.74, 6) is -1.86. The summed E-state index contributed by atoms with van der Waals surface area (Å²) >= 11 is 9.46. The number of nitrogens with one attached hydrogen (secondary N) is 1. The molecule has 0 aliphatic carbocycles. The number of thiazole rings is 1. The summed E-state index contributed by atoms with van der Waals surface area (Å²) in [4.78, 5) is 39.6. The second kappa shape index (κ2) is 7.55. The Labute approximate surface area is 184 Å². The number of halogens is 1. The molecule has 3 aromatic rings. The molecule has 0 fully saturated rings. The molecule has 1 aliphatic rings.